The molecular formula is C21H24F2N4O4. The highest BCUT2D eigenvalue weighted by Gasteiger charge is 2.47. The number of piperidine rings is 1. The zero-order chi connectivity index (χ0) is 23.0. The Morgan fingerprint density at radius 1 is 1.35 bits per heavy atom. The average molecular weight is 434 g/mol. The molecule has 0 spiro atoms. The van der Waals surface area contributed by atoms with E-state index in [2.05, 4.69) is 10.3 Å². The Bertz CT molecular complexity index is 949. The summed E-state index contributed by atoms with van der Waals surface area (Å²) in [7, 11) is 2.74. The van der Waals surface area contributed by atoms with E-state index in [1.165, 1.54) is 6.07 Å². The van der Waals surface area contributed by atoms with Crippen molar-refractivity contribution in [2.75, 3.05) is 39.2 Å². The van der Waals surface area contributed by atoms with Crippen molar-refractivity contribution in [1.29, 1.82) is 5.26 Å². The van der Waals surface area contributed by atoms with Crippen molar-refractivity contribution < 1.29 is 28.5 Å². The third-order valence-electron chi connectivity index (χ3n) is 4.74. The van der Waals surface area contributed by atoms with E-state index in [-0.39, 0.29) is 24.3 Å². The van der Waals surface area contributed by atoms with Crippen LogP contribution in [0.3, 0.4) is 0 Å². The molecule has 31 heavy (non-hydrogen) atoms. The molecule has 1 aliphatic heterocycles. The molecule has 1 aliphatic rings. The first-order chi connectivity index (χ1) is 14.9. The molecule has 1 unspecified atom stereocenters. The van der Waals surface area contributed by atoms with Gasteiger partial charge in [-0.15, -0.1) is 0 Å². The maximum Gasteiger partial charge on any atom is 0.301 e. The quantitative estimate of drug-likeness (QED) is 0.657. The van der Waals surface area contributed by atoms with Crippen molar-refractivity contribution in [2.45, 2.75) is 18.4 Å². The van der Waals surface area contributed by atoms with Crippen molar-refractivity contribution in [3.8, 4) is 22.9 Å². The van der Waals surface area contributed by atoms with E-state index < -0.39 is 31.1 Å². The lowest BCUT2D eigenvalue weighted by atomic mass is 10.0. The molecule has 1 saturated heterocycles. The van der Waals surface area contributed by atoms with Crippen LogP contribution < -0.4 is 10.1 Å². The average Bonchev–Trinajstić information content (AvgIpc) is 2.81. The molecule has 1 aromatic carbocycles. The molecule has 2 aromatic rings. The Labute approximate surface area is 178 Å². The topological polar surface area (TPSA) is 119 Å². The number of halogens is 2. The minimum Gasteiger partial charge on any atom is -0.483 e. The maximum atomic E-state index is 14.5. The van der Waals surface area contributed by atoms with E-state index >= 15 is 0 Å². The zero-order valence-electron chi connectivity index (χ0n) is 17.2. The fraction of sp³-hybridized carbons (Fsp3) is 0.381. The van der Waals surface area contributed by atoms with Crippen LogP contribution in [0.5, 0.6) is 5.75 Å². The molecule has 1 aromatic heterocycles. The number of aliphatic hydroxyl groups is 2. The van der Waals surface area contributed by atoms with E-state index in [9.17, 15) is 18.8 Å². The lowest BCUT2D eigenvalue weighted by Crippen LogP contribution is -2.55. The standard InChI is InChI=1S/C20H20F2N4O3.CH4O/c1-24-18-9-14(4-6-25-18)13-2-3-16(15(8-13)10-23)29-17-5-7-26(19(28)11-27)12-20(17,21)22;1-2/h2-4,6,8-9,17,27H,5,7,11-12H2,1H3,(H,24,25);2H,1H3. The van der Waals surface area contributed by atoms with Crippen molar-refractivity contribution in [3.63, 3.8) is 0 Å². The van der Waals surface area contributed by atoms with Gasteiger partial charge in [-0.2, -0.15) is 5.26 Å². The van der Waals surface area contributed by atoms with Crippen LogP contribution in [0.2, 0.25) is 0 Å². The molecular weight excluding hydrogens is 410 g/mol. The van der Waals surface area contributed by atoms with Crippen LogP contribution in [0.15, 0.2) is 36.5 Å². The van der Waals surface area contributed by atoms with Gasteiger partial charge < -0.3 is 25.2 Å². The second kappa shape index (κ2) is 10.7. The predicted octanol–water partition coefficient (Wildman–Crippen LogP) is 1.88. The molecule has 0 radical (unpaired) electrons. The number of pyridine rings is 1. The highest BCUT2D eigenvalue weighted by atomic mass is 19.3. The number of aromatic nitrogens is 1. The third kappa shape index (κ3) is 5.65. The van der Waals surface area contributed by atoms with Crippen LogP contribution in [-0.2, 0) is 4.79 Å². The van der Waals surface area contributed by atoms with E-state index in [0.717, 1.165) is 23.1 Å². The summed E-state index contributed by atoms with van der Waals surface area (Å²) in [5.41, 5.74) is 1.67. The van der Waals surface area contributed by atoms with Gasteiger partial charge >= 0.3 is 5.92 Å². The van der Waals surface area contributed by atoms with Crippen molar-refractivity contribution in [1.82, 2.24) is 9.88 Å². The number of hydrogen-bond acceptors (Lipinski definition) is 7. The molecule has 0 saturated carbocycles. The fourth-order valence-electron chi connectivity index (χ4n) is 3.18. The van der Waals surface area contributed by atoms with E-state index in [1.54, 1.807) is 37.5 Å². The summed E-state index contributed by atoms with van der Waals surface area (Å²) in [6, 6.07) is 10.3. The number of anilines is 1. The maximum absolute atomic E-state index is 14.5. The van der Waals surface area contributed by atoms with Gasteiger partial charge in [0.1, 0.15) is 24.2 Å². The summed E-state index contributed by atoms with van der Waals surface area (Å²) in [6.45, 7) is -1.60. The van der Waals surface area contributed by atoms with Gasteiger partial charge in [-0.25, -0.2) is 13.8 Å². The lowest BCUT2D eigenvalue weighted by Gasteiger charge is -2.38. The number of benzene rings is 1. The molecule has 3 N–H and O–H groups in total. The monoisotopic (exact) mass is 434 g/mol. The molecule has 3 rings (SSSR count). The Morgan fingerprint density at radius 2 is 2.06 bits per heavy atom. The number of rotatable bonds is 5. The summed E-state index contributed by atoms with van der Waals surface area (Å²) in [4.78, 5) is 16.5. The molecule has 0 aliphatic carbocycles. The number of carbonyl (C=O) groups excluding carboxylic acids is 1. The zero-order valence-corrected chi connectivity index (χ0v) is 17.2. The largest absolute Gasteiger partial charge is 0.483 e. The number of nitrogens with zero attached hydrogens (tertiary/aromatic N) is 3. The van der Waals surface area contributed by atoms with E-state index in [1.807, 2.05) is 6.07 Å². The number of nitrogens with one attached hydrogen (secondary N) is 1. The summed E-state index contributed by atoms with van der Waals surface area (Å²) < 4.78 is 34.4. The molecule has 8 nitrogen and oxygen atoms in total. The lowest BCUT2D eigenvalue weighted by molar-refractivity contribution is -0.161. The molecule has 0 bridgehead atoms. The van der Waals surface area contributed by atoms with E-state index in [4.69, 9.17) is 14.9 Å². The van der Waals surface area contributed by atoms with Crippen LogP contribution >= 0.6 is 0 Å². The minimum absolute atomic E-state index is 0.0451. The summed E-state index contributed by atoms with van der Waals surface area (Å²) >= 11 is 0. The summed E-state index contributed by atoms with van der Waals surface area (Å²) in [6.07, 6.45) is 0.0425. The molecule has 166 valence electrons. The molecule has 2 heterocycles. The molecule has 10 heteroatoms. The Balaban J connectivity index is 0.00000166. The van der Waals surface area contributed by atoms with Gasteiger partial charge in [-0.1, -0.05) is 6.07 Å². The normalized spacial score (nSPS) is 17.1. The van der Waals surface area contributed by atoms with Gasteiger partial charge in [0.25, 0.3) is 0 Å². The number of carbonyl (C=O) groups is 1. The molecule has 1 atom stereocenters. The van der Waals surface area contributed by atoms with Gasteiger partial charge in [0, 0.05) is 33.3 Å². The SMILES string of the molecule is CNc1cc(-c2ccc(OC3CCN(C(=O)CO)CC3(F)F)c(C#N)c2)ccn1.CO. The Hall–Kier alpha value is -3.29. The van der Waals surface area contributed by atoms with Crippen LogP contribution in [0, 0.1) is 11.3 Å². The Kier molecular flexibility index (Phi) is 8.24. The number of hydrogen-bond donors (Lipinski definition) is 3. The van der Waals surface area contributed by atoms with Crippen molar-refractivity contribution >= 4 is 11.7 Å². The van der Waals surface area contributed by atoms with Gasteiger partial charge in [0.2, 0.25) is 5.91 Å². The predicted molar refractivity (Wildman–Crippen MR) is 110 cm³/mol. The van der Waals surface area contributed by atoms with Crippen LogP contribution in [-0.4, -0.2) is 71.9 Å². The van der Waals surface area contributed by atoms with Gasteiger partial charge in [-0.3, -0.25) is 4.79 Å². The fourth-order valence-corrected chi connectivity index (χ4v) is 3.18. The second-order valence-corrected chi connectivity index (χ2v) is 6.63. The smallest absolute Gasteiger partial charge is 0.301 e. The third-order valence-corrected chi connectivity index (χ3v) is 4.74. The van der Waals surface area contributed by atoms with Crippen molar-refractivity contribution in [3.05, 3.63) is 42.1 Å². The number of alkyl halides is 2. The van der Waals surface area contributed by atoms with Crippen LogP contribution in [0.4, 0.5) is 14.6 Å². The number of amides is 1. The Morgan fingerprint density at radius 3 is 2.68 bits per heavy atom. The summed E-state index contributed by atoms with van der Waals surface area (Å²) in [5.74, 6) is -3.33. The van der Waals surface area contributed by atoms with Gasteiger partial charge in [-0.05, 0) is 35.4 Å². The molecule has 1 amide bonds. The minimum atomic E-state index is -3.30. The number of likely N-dealkylation sites (tertiary alicyclic amines) is 1. The van der Waals surface area contributed by atoms with Gasteiger partial charge in [0.15, 0.2) is 6.10 Å². The number of nitriles is 1. The number of aliphatic hydroxyl groups excluding tert-OH is 2. The molecule has 1 fully saturated rings. The summed E-state index contributed by atoms with van der Waals surface area (Å²) in [5, 5.41) is 28.3. The first kappa shape index (κ1) is 24.0. The van der Waals surface area contributed by atoms with Gasteiger partial charge in [0.05, 0.1) is 12.1 Å². The highest BCUT2D eigenvalue weighted by molar-refractivity contribution is 5.77. The van der Waals surface area contributed by atoms with Crippen LogP contribution in [0.25, 0.3) is 11.1 Å². The van der Waals surface area contributed by atoms with E-state index in [0.29, 0.717) is 5.82 Å². The first-order valence-electron chi connectivity index (χ1n) is 9.44. The van der Waals surface area contributed by atoms with Crippen molar-refractivity contribution in [2.24, 2.45) is 0 Å². The number of ether oxygens (including phenoxy) is 1. The highest BCUT2D eigenvalue weighted by Crippen LogP contribution is 2.34. The first-order valence-corrected chi connectivity index (χ1v) is 9.44. The van der Waals surface area contributed by atoms with Crippen LogP contribution in [0.1, 0.15) is 12.0 Å². The second-order valence-electron chi connectivity index (χ2n) is 6.63.